The predicted octanol–water partition coefficient (Wildman–Crippen LogP) is 3.95. The van der Waals surface area contributed by atoms with Gasteiger partial charge >= 0.3 is 0 Å². The van der Waals surface area contributed by atoms with Crippen LogP contribution in [0.15, 0.2) is 36.5 Å². The lowest BCUT2D eigenvalue weighted by Crippen LogP contribution is -2.41. The summed E-state index contributed by atoms with van der Waals surface area (Å²) in [6, 6.07) is 8.99. The van der Waals surface area contributed by atoms with E-state index in [1.165, 1.54) is 12.6 Å². The average molecular weight is 365 g/mol. The van der Waals surface area contributed by atoms with Crippen molar-refractivity contribution in [1.29, 1.82) is 0 Å². The molecule has 1 fully saturated rings. The summed E-state index contributed by atoms with van der Waals surface area (Å²) in [5.74, 6) is 0.377. The summed E-state index contributed by atoms with van der Waals surface area (Å²) >= 11 is 12.0. The zero-order valence-electron chi connectivity index (χ0n) is 13.1. The van der Waals surface area contributed by atoms with Gasteiger partial charge in [-0.25, -0.2) is 4.98 Å². The highest BCUT2D eigenvalue weighted by Crippen LogP contribution is 2.27. The number of nitrogens with one attached hydrogen (secondary N) is 1. The average Bonchev–Trinajstić information content (AvgIpc) is 2.63. The van der Waals surface area contributed by atoms with Crippen LogP contribution in [0.1, 0.15) is 30.9 Å². The third-order valence-corrected chi connectivity index (χ3v) is 4.50. The Kier molecular flexibility index (Phi) is 5.53. The van der Waals surface area contributed by atoms with E-state index >= 15 is 0 Å². The number of halogens is 2. The van der Waals surface area contributed by atoms with Gasteiger partial charge in [0.2, 0.25) is 11.2 Å². The lowest BCUT2D eigenvalue weighted by Gasteiger charge is -2.31. The number of carbonyl (C=O) groups excluding carboxylic acids is 1. The van der Waals surface area contributed by atoms with Crippen molar-refractivity contribution in [2.45, 2.75) is 25.3 Å². The first-order valence-corrected chi connectivity index (χ1v) is 8.69. The monoisotopic (exact) mass is 364 g/mol. The molecule has 1 aromatic heterocycles. The Bertz CT molecular complexity index is 705. The molecule has 1 saturated heterocycles. The normalized spacial score (nSPS) is 15.8. The second-order valence-corrected chi connectivity index (χ2v) is 6.45. The van der Waals surface area contributed by atoms with Crippen LogP contribution in [0.2, 0.25) is 10.3 Å². The molecule has 0 aliphatic carbocycles. The van der Waals surface area contributed by atoms with E-state index in [2.05, 4.69) is 15.3 Å². The molecule has 2 heterocycles. The second kappa shape index (κ2) is 7.81. The van der Waals surface area contributed by atoms with Gasteiger partial charge < -0.3 is 10.2 Å². The third kappa shape index (κ3) is 3.97. The van der Waals surface area contributed by atoms with E-state index in [4.69, 9.17) is 23.2 Å². The Morgan fingerprint density at radius 2 is 1.83 bits per heavy atom. The van der Waals surface area contributed by atoms with E-state index in [-0.39, 0.29) is 11.2 Å². The number of piperidine rings is 1. The predicted molar refractivity (Wildman–Crippen MR) is 95.3 cm³/mol. The third-order valence-electron chi connectivity index (χ3n) is 4.04. The first-order valence-electron chi connectivity index (χ1n) is 7.93. The van der Waals surface area contributed by atoms with Crippen LogP contribution in [0.25, 0.3) is 0 Å². The minimum Gasteiger partial charge on any atom is -0.353 e. The largest absolute Gasteiger partial charge is 0.353 e. The highest BCUT2D eigenvalue weighted by Gasteiger charge is 2.27. The summed E-state index contributed by atoms with van der Waals surface area (Å²) in [5.41, 5.74) is 0.860. The van der Waals surface area contributed by atoms with Crippen molar-refractivity contribution in [2.75, 3.05) is 18.4 Å². The quantitative estimate of drug-likeness (QED) is 0.834. The fraction of sp³-hybridized carbons (Fsp3) is 0.353. The van der Waals surface area contributed by atoms with Crippen LogP contribution in [-0.2, 0) is 4.79 Å². The Morgan fingerprint density at radius 3 is 2.54 bits per heavy atom. The van der Waals surface area contributed by atoms with Crippen molar-refractivity contribution < 1.29 is 4.79 Å². The van der Waals surface area contributed by atoms with Crippen molar-refractivity contribution in [3.8, 4) is 0 Å². The number of anilines is 1. The molecule has 1 aromatic carbocycles. The van der Waals surface area contributed by atoms with E-state index in [9.17, 15) is 4.79 Å². The van der Waals surface area contributed by atoms with Crippen molar-refractivity contribution in [3.63, 3.8) is 0 Å². The van der Waals surface area contributed by atoms with Crippen LogP contribution >= 0.6 is 23.2 Å². The van der Waals surface area contributed by atoms with Gasteiger partial charge in [0.15, 0.2) is 5.82 Å². The summed E-state index contributed by atoms with van der Waals surface area (Å²) < 4.78 is 0. The van der Waals surface area contributed by atoms with E-state index in [1.54, 1.807) is 0 Å². The highest BCUT2D eigenvalue weighted by molar-refractivity contribution is 6.33. The van der Waals surface area contributed by atoms with E-state index in [0.717, 1.165) is 31.5 Å². The summed E-state index contributed by atoms with van der Waals surface area (Å²) in [6.07, 6.45) is 4.66. The van der Waals surface area contributed by atoms with E-state index in [1.807, 2.05) is 35.2 Å². The van der Waals surface area contributed by atoms with Crippen molar-refractivity contribution in [3.05, 3.63) is 52.4 Å². The molecule has 1 aliphatic heterocycles. The lowest BCUT2D eigenvalue weighted by molar-refractivity contribution is -0.133. The fourth-order valence-corrected chi connectivity index (χ4v) is 3.09. The van der Waals surface area contributed by atoms with Crippen LogP contribution in [0.4, 0.5) is 5.82 Å². The van der Waals surface area contributed by atoms with Crippen LogP contribution < -0.4 is 5.32 Å². The molecule has 3 rings (SSSR count). The van der Waals surface area contributed by atoms with Crippen molar-refractivity contribution in [1.82, 2.24) is 14.9 Å². The lowest BCUT2D eigenvalue weighted by atomic mass is 10.0. The number of nitrogens with zero attached hydrogens (tertiary/aromatic N) is 3. The van der Waals surface area contributed by atoms with Crippen LogP contribution in [0.5, 0.6) is 0 Å². The molecule has 0 radical (unpaired) electrons. The summed E-state index contributed by atoms with van der Waals surface area (Å²) in [5, 5.41) is 3.55. The number of likely N-dealkylation sites (tertiary alicyclic amines) is 1. The van der Waals surface area contributed by atoms with Gasteiger partial charge in [0.1, 0.15) is 11.1 Å². The zero-order chi connectivity index (χ0) is 16.9. The Labute approximate surface area is 151 Å². The number of hydrogen-bond donors (Lipinski definition) is 1. The maximum absolute atomic E-state index is 13.0. The minimum absolute atomic E-state index is 0.0201. The van der Waals surface area contributed by atoms with Gasteiger partial charge in [-0.1, -0.05) is 41.9 Å². The maximum atomic E-state index is 13.0. The number of carbonyl (C=O) groups is 1. The molecule has 5 nitrogen and oxygen atoms in total. The van der Waals surface area contributed by atoms with Gasteiger partial charge in [-0.2, -0.15) is 4.98 Å². The number of aromatic nitrogens is 2. The highest BCUT2D eigenvalue weighted by atomic mass is 35.5. The Balaban J connectivity index is 1.90. The standard InChI is InChI=1S/C17H18Cl2N4O/c18-13-11-20-17(19)22-15(13)21-14(12-7-3-1-4-8-12)16(24)23-9-5-2-6-10-23/h1,3-4,7-8,11,14H,2,5-6,9-10H2,(H,20,21,22)/t14-/m0/s1. The molecule has 1 amide bonds. The molecule has 0 bridgehead atoms. The smallest absolute Gasteiger partial charge is 0.249 e. The number of amides is 1. The van der Waals surface area contributed by atoms with Crippen molar-refractivity contribution in [2.24, 2.45) is 0 Å². The number of hydrogen-bond acceptors (Lipinski definition) is 4. The summed E-state index contributed by atoms with van der Waals surface area (Å²) in [4.78, 5) is 22.9. The molecule has 2 aromatic rings. The number of benzene rings is 1. The SMILES string of the molecule is O=C([C@@H](Nc1nc(Cl)ncc1Cl)c1ccccc1)N1CCCCC1. The zero-order valence-corrected chi connectivity index (χ0v) is 14.6. The first-order chi connectivity index (χ1) is 11.6. The molecule has 24 heavy (non-hydrogen) atoms. The van der Waals surface area contributed by atoms with Crippen molar-refractivity contribution >= 4 is 34.9 Å². The maximum Gasteiger partial charge on any atom is 0.249 e. The number of rotatable bonds is 4. The fourth-order valence-electron chi connectivity index (χ4n) is 2.81. The van der Waals surface area contributed by atoms with Gasteiger partial charge in [-0.05, 0) is 36.4 Å². The summed E-state index contributed by atoms with van der Waals surface area (Å²) in [7, 11) is 0. The molecule has 0 spiro atoms. The van der Waals surface area contributed by atoms with Crippen LogP contribution in [0, 0.1) is 0 Å². The van der Waals surface area contributed by atoms with Gasteiger partial charge in [0.05, 0.1) is 6.20 Å². The van der Waals surface area contributed by atoms with E-state index < -0.39 is 6.04 Å². The molecule has 0 unspecified atom stereocenters. The molecule has 7 heteroatoms. The summed E-state index contributed by atoms with van der Waals surface area (Å²) in [6.45, 7) is 1.56. The van der Waals surface area contributed by atoms with E-state index in [0.29, 0.717) is 10.8 Å². The molecule has 1 aliphatic rings. The molecule has 126 valence electrons. The Hall–Kier alpha value is -1.85. The first kappa shape index (κ1) is 17.0. The molecule has 1 atom stereocenters. The second-order valence-electron chi connectivity index (χ2n) is 5.71. The Morgan fingerprint density at radius 1 is 1.12 bits per heavy atom. The molecule has 1 N–H and O–H groups in total. The minimum atomic E-state index is -0.562. The van der Waals surface area contributed by atoms with Crippen LogP contribution in [-0.4, -0.2) is 33.9 Å². The molecular weight excluding hydrogens is 347 g/mol. The topological polar surface area (TPSA) is 58.1 Å². The van der Waals surface area contributed by atoms with Gasteiger partial charge in [-0.15, -0.1) is 0 Å². The van der Waals surface area contributed by atoms with Gasteiger partial charge in [0, 0.05) is 13.1 Å². The molecule has 0 saturated carbocycles. The van der Waals surface area contributed by atoms with Crippen LogP contribution in [0.3, 0.4) is 0 Å². The van der Waals surface area contributed by atoms with Gasteiger partial charge in [-0.3, -0.25) is 4.79 Å². The molecular formula is C17H18Cl2N4O. The van der Waals surface area contributed by atoms with Gasteiger partial charge in [0.25, 0.3) is 0 Å².